The Bertz CT molecular complexity index is 1110. The highest BCUT2D eigenvalue weighted by atomic mass is 35.5. The number of H-pyrrole nitrogens is 1. The first-order chi connectivity index (χ1) is 14.9. The summed E-state index contributed by atoms with van der Waals surface area (Å²) in [5, 5.41) is 14.5. The van der Waals surface area contributed by atoms with E-state index in [1.165, 1.54) is 0 Å². The van der Waals surface area contributed by atoms with E-state index in [1.807, 2.05) is 24.4 Å². The molecule has 5 rings (SSSR count). The van der Waals surface area contributed by atoms with Crippen LogP contribution in [-0.2, 0) is 10.3 Å². The molecule has 0 bridgehead atoms. The van der Waals surface area contributed by atoms with Crippen LogP contribution in [0.5, 0.6) is 0 Å². The number of nitrogens with two attached hydrogens (primary N) is 1. The number of aromatic nitrogens is 3. The van der Waals surface area contributed by atoms with Gasteiger partial charge in [0.15, 0.2) is 0 Å². The van der Waals surface area contributed by atoms with Gasteiger partial charge in [-0.3, -0.25) is 4.79 Å². The molecule has 31 heavy (non-hydrogen) atoms. The Hall–Kier alpha value is -2.68. The molecule has 0 spiro atoms. The zero-order valence-electron chi connectivity index (χ0n) is 17.0. The molecule has 1 amide bonds. The Morgan fingerprint density at radius 3 is 2.68 bits per heavy atom. The predicted molar refractivity (Wildman–Crippen MR) is 119 cm³/mol. The number of carbonyl (C=O) groups excluding carboxylic acids is 1. The number of hydrogen-bond acceptors (Lipinski definition) is 6. The molecule has 1 aromatic carbocycles. The molecule has 1 saturated carbocycles. The summed E-state index contributed by atoms with van der Waals surface area (Å²) in [4.78, 5) is 27.2. The number of nitrogens with zero attached hydrogens (tertiary/aromatic N) is 3. The first kappa shape index (κ1) is 20.2. The summed E-state index contributed by atoms with van der Waals surface area (Å²) >= 11 is 6.02. The first-order valence-corrected chi connectivity index (χ1v) is 10.8. The summed E-state index contributed by atoms with van der Waals surface area (Å²) < 4.78 is 0. The lowest BCUT2D eigenvalue weighted by Crippen LogP contribution is -2.61. The SMILES string of the molecule is NC1(C(=O)NC2(c3ccc(Cl)cc3)CC2CO)CCN(c2ncnc3[nH]ccc23)CC1. The summed E-state index contributed by atoms with van der Waals surface area (Å²) in [5.74, 6) is 0.658. The summed E-state index contributed by atoms with van der Waals surface area (Å²) in [6.45, 7) is 1.26. The van der Waals surface area contributed by atoms with Gasteiger partial charge in [0.05, 0.1) is 16.5 Å². The largest absolute Gasteiger partial charge is 0.396 e. The van der Waals surface area contributed by atoms with E-state index in [2.05, 4.69) is 25.2 Å². The molecular weight excluding hydrogens is 416 g/mol. The summed E-state index contributed by atoms with van der Waals surface area (Å²) in [6, 6.07) is 9.37. The number of fused-ring (bicyclic) bond motifs is 1. The van der Waals surface area contributed by atoms with Crippen molar-refractivity contribution in [1.82, 2.24) is 20.3 Å². The first-order valence-electron chi connectivity index (χ1n) is 10.5. The van der Waals surface area contributed by atoms with Gasteiger partial charge in [0, 0.05) is 36.8 Å². The highest BCUT2D eigenvalue weighted by molar-refractivity contribution is 6.30. The van der Waals surface area contributed by atoms with Gasteiger partial charge >= 0.3 is 0 Å². The number of hydrogen-bond donors (Lipinski definition) is 4. The second-order valence-electron chi connectivity index (χ2n) is 8.60. The molecule has 8 nitrogen and oxygen atoms in total. The van der Waals surface area contributed by atoms with Gasteiger partial charge in [-0.2, -0.15) is 0 Å². The molecule has 162 valence electrons. The molecule has 2 fully saturated rings. The van der Waals surface area contributed by atoms with Gasteiger partial charge in [-0.15, -0.1) is 0 Å². The van der Waals surface area contributed by atoms with Gasteiger partial charge in [0.1, 0.15) is 17.8 Å². The normalized spacial score (nSPS) is 24.9. The Balaban J connectivity index is 1.31. The van der Waals surface area contributed by atoms with Crippen LogP contribution in [0.3, 0.4) is 0 Å². The second-order valence-corrected chi connectivity index (χ2v) is 9.03. The van der Waals surface area contributed by atoms with Crippen molar-refractivity contribution in [2.45, 2.75) is 30.3 Å². The zero-order valence-corrected chi connectivity index (χ0v) is 17.8. The molecule has 2 aliphatic rings. The average molecular weight is 441 g/mol. The molecule has 2 unspecified atom stereocenters. The number of nitrogens with one attached hydrogen (secondary N) is 2. The summed E-state index contributed by atoms with van der Waals surface area (Å²) in [7, 11) is 0. The highest BCUT2D eigenvalue weighted by Gasteiger charge is 2.57. The van der Waals surface area contributed by atoms with Crippen LogP contribution >= 0.6 is 11.6 Å². The van der Waals surface area contributed by atoms with E-state index in [-0.39, 0.29) is 18.4 Å². The molecule has 1 aliphatic heterocycles. The number of aliphatic hydroxyl groups is 1. The second kappa shape index (κ2) is 7.47. The number of anilines is 1. The van der Waals surface area contributed by atoms with Crippen molar-refractivity contribution < 1.29 is 9.90 Å². The minimum absolute atomic E-state index is 0.00856. The molecule has 5 N–H and O–H groups in total. The van der Waals surface area contributed by atoms with E-state index in [0.717, 1.165) is 22.4 Å². The summed E-state index contributed by atoms with van der Waals surface area (Å²) in [6.07, 6.45) is 5.09. The molecule has 1 aliphatic carbocycles. The average Bonchev–Trinajstić information content (AvgIpc) is 3.27. The standard InChI is InChI=1S/C22H25ClN6O2/c23-16-3-1-14(2-4-16)22(11-15(22)12-30)28-20(31)21(24)6-9-29(10-7-21)19-17-5-8-25-18(17)26-13-27-19/h1-5,8,13,15,30H,6-7,9-12,24H2,(H,28,31)(H,25,26,27). The van der Waals surface area contributed by atoms with Crippen molar-refractivity contribution >= 4 is 34.4 Å². The number of amides is 1. The lowest BCUT2D eigenvalue weighted by Gasteiger charge is -2.39. The molecule has 2 aromatic heterocycles. The van der Waals surface area contributed by atoms with Crippen molar-refractivity contribution in [1.29, 1.82) is 0 Å². The van der Waals surface area contributed by atoms with Crippen molar-refractivity contribution in [2.75, 3.05) is 24.6 Å². The number of halogens is 1. The van der Waals surface area contributed by atoms with E-state index in [1.54, 1.807) is 18.5 Å². The fourth-order valence-electron chi connectivity index (χ4n) is 4.66. The Labute approximate surface area is 184 Å². The van der Waals surface area contributed by atoms with Crippen LogP contribution in [0.15, 0.2) is 42.9 Å². The lowest BCUT2D eigenvalue weighted by molar-refractivity contribution is -0.128. The topological polar surface area (TPSA) is 120 Å². The molecule has 3 heterocycles. The third kappa shape index (κ3) is 3.44. The zero-order chi connectivity index (χ0) is 21.6. The molecular formula is C22H25ClN6O2. The Morgan fingerprint density at radius 1 is 1.26 bits per heavy atom. The maximum atomic E-state index is 13.3. The van der Waals surface area contributed by atoms with Gasteiger partial charge in [0.2, 0.25) is 5.91 Å². The lowest BCUT2D eigenvalue weighted by atomic mass is 9.86. The molecule has 3 aromatic rings. The number of carbonyl (C=O) groups is 1. The molecule has 2 atom stereocenters. The number of aromatic amines is 1. The van der Waals surface area contributed by atoms with E-state index in [4.69, 9.17) is 17.3 Å². The fourth-order valence-corrected chi connectivity index (χ4v) is 4.78. The van der Waals surface area contributed by atoms with Crippen molar-refractivity contribution in [3.63, 3.8) is 0 Å². The number of benzene rings is 1. The smallest absolute Gasteiger partial charge is 0.240 e. The number of aliphatic hydroxyl groups excluding tert-OH is 1. The van der Waals surface area contributed by atoms with Crippen LogP contribution in [0, 0.1) is 5.92 Å². The Morgan fingerprint density at radius 2 is 2.00 bits per heavy atom. The van der Waals surface area contributed by atoms with Crippen LogP contribution in [0.25, 0.3) is 11.0 Å². The third-order valence-electron chi connectivity index (χ3n) is 6.76. The van der Waals surface area contributed by atoms with E-state index >= 15 is 0 Å². The van der Waals surface area contributed by atoms with Crippen LogP contribution < -0.4 is 16.0 Å². The fraction of sp³-hybridized carbons (Fsp3) is 0.409. The maximum absolute atomic E-state index is 13.3. The summed E-state index contributed by atoms with van der Waals surface area (Å²) in [5.41, 5.74) is 6.79. The van der Waals surface area contributed by atoms with Gasteiger partial charge in [-0.25, -0.2) is 9.97 Å². The Kier molecular flexibility index (Phi) is 4.88. The quantitative estimate of drug-likeness (QED) is 0.481. The van der Waals surface area contributed by atoms with E-state index in [0.29, 0.717) is 37.4 Å². The minimum Gasteiger partial charge on any atom is -0.396 e. The van der Waals surface area contributed by atoms with Crippen molar-refractivity contribution in [3.05, 3.63) is 53.4 Å². The van der Waals surface area contributed by atoms with Crippen molar-refractivity contribution in [3.8, 4) is 0 Å². The monoisotopic (exact) mass is 440 g/mol. The van der Waals surface area contributed by atoms with Crippen LogP contribution in [0.4, 0.5) is 5.82 Å². The van der Waals surface area contributed by atoms with E-state index in [9.17, 15) is 9.90 Å². The number of rotatable bonds is 5. The minimum atomic E-state index is -0.969. The van der Waals surface area contributed by atoms with Crippen LogP contribution in [0.1, 0.15) is 24.8 Å². The predicted octanol–water partition coefficient (Wildman–Crippen LogP) is 1.93. The molecule has 9 heteroatoms. The van der Waals surface area contributed by atoms with Gasteiger partial charge in [0.25, 0.3) is 0 Å². The third-order valence-corrected chi connectivity index (χ3v) is 7.01. The van der Waals surface area contributed by atoms with Gasteiger partial charge < -0.3 is 26.0 Å². The molecule has 1 saturated heterocycles. The van der Waals surface area contributed by atoms with E-state index < -0.39 is 11.1 Å². The number of piperidine rings is 1. The van der Waals surface area contributed by atoms with Gasteiger partial charge in [-0.05, 0) is 43.0 Å². The van der Waals surface area contributed by atoms with Gasteiger partial charge in [-0.1, -0.05) is 23.7 Å². The maximum Gasteiger partial charge on any atom is 0.240 e. The van der Waals surface area contributed by atoms with Crippen molar-refractivity contribution in [2.24, 2.45) is 11.7 Å². The molecule has 0 radical (unpaired) electrons. The van der Waals surface area contributed by atoms with Crippen LogP contribution in [-0.4, -0.2) is 51.2 Å². The van der Waals surface area contributed by atoms with Crippen LogP contribution in [0.2, 0.25) is 5.02 Å². The highest BCUT2D eigenvalue weighted by Crippen LogP contribution is 2.52.